The number of halogens is 2. The Morgan fingerprint density at radius 1 is 1.14 bits per heavy atom. The summed E-state index contributed by atoms with van der Waals surface area (Å²) in [5.74, 6) is 1.06. The van der Waals surface area contributed by atoms with Gasteiger partial charge in [0.2, 0.25) is 11.8 Å². The average Bonchev–Trinajstić information content (AvgIpc) is 3.04. The van der Waals surface area contributed by atoms with Crippen LogP contribution in [0.25, 0.3) is 11.5 Å². The fourth-order valence-corrected chi connectivity index (χ4v) is 2.69. The number of rotatable bonds is 8. The Morgan fingerprint density at radius 3 is 2.54 bits per heavy atom. The summed E-state index contributed by atoms with van der Waals surface area (Å²) < 4.78 is 34.2. The largest absolute Gasteiger partial charge is 0.441 e. The van der Waals surface area contributed by atoms with Crippen molar-refractivity contribution >= 4 is 5.91 Å². The minimum absolute atomic E-state index is 0.110. The Balaban J connectivity index is 1.49. The molecule has 1 N–H and O–H groups in total. The van der Waals surface area contributed by atoms with E-state index >= 15 is 0 Å². The van der Waals surface area contributed by atoms with Gasteiger partial charge in [-0.1, -0.05) is 30.3 Å². The molecule has 146 valence electrons. The molecular formula is C21H20F2N2O3. The molecule has 1 amide bonds. The summed E-state index contributed by atoms with van der Waals surface area (Å²) in [5.41, 5.74) is 2.37. The van der Waals surface area contributed by atoms with Gasteiger partial charge >= 0.3 is 6.61 Å². The second-order valence-corrected chi connectivity index (χ2v) is 6.19. The third-order valence-electron chi connectivity index (χ3n) is 4.13. The molecule has 0 spiro atoms. The fourth-order valence-electron chi connectivity index (χ4n) is 2.69. The van der Waals surface area contributed by atoms with Gasteiger partial charge in [-0.2, -0.15) is 8.78 Å². The maximum absolute atomic E-state index is 12.2. The van der Waals surface area contributed by atoms with Crippen molar-refractivity contribution in [3.05, 3.63) is 71.6 Å². The number of aromatic nitrogens is 1. The molecule has 0 bridgehead atoms. The number of carbonyl (C=O) groups excluding carboxylic acids is 1. The second-order valence-electron chi connectivity index (χ2n) is 6.19. The van der Waals surface area contributed by atoms with Crippen LogP contribution in [0.5, 0.6) is 5.75 Å². The van der Waals surface area contributed by atoms with Crippen molar-refractivity contribution < 1.29 is 22.7 Å². The number of benzene rings is 2. The zero-order valence-electron chi connectivity index (χ0n) is 15.3. The van der Waals surface area contributed by atoms with Gasteiger partial charge in [-0.05, 0) is 43.2 Å². The lowest BCUT2D eigenvalue weighted by atomic mass is 10.1. The van der Waals surface area contributed by atoms with Crippen LogP contribution in [0.15, 0.2) is 59.0 Å². The van der Waals surface area contributed by atoms with E-state index in [4.69, 9.17) is 4.42 Å². The molecule has 7 heteroatoms. The minimum atomic E-state index is -2.84. The Morgan fingerprint density at radius 2 is 1.86 bits per heavy atom. The lowest BCUT2D eigenvalue weighted by molar-refractivity contribution is -0.120. The summed E-state index contributed by atoms with van der Waals surface area (Å²) in [5, 5.41) is 2.83. The van der Waals surface area contributed by atoms with E-state index in [1.807, 2.05) is 30.3 Å². The maximum atomic E-state index is 12.2. The summed E-state index contributed by atoms with van der Waals surface area (Å²) in [6.45, 7) is -0.631. The molecule has 3 aromatic rings. The van der Waals surface area contributed by atoms with E-state index in [1.165, 1.54) is 12.1 Å². The average molecular weight is 386 g/mol. The summed E-state index contributed by atoms with van der Waals surface area (Å²) in [4.78, 5) is 16.6. The Kier molecular flexibility index (Phi) is 6.37. The number of amides is 1. The topological polar surface area (TPSA) is 64.4 Å². The first kappa shape index (κ1) is 19.5. The van der Waals surface area contributed by atoms with E-state index in [1.54, 1.807) is 19.1 Å². The van der Waals surface area contributed by atoms with Crippen LogP contribution >= 0.6 is 0 Å². The third kappa shape index (κ3) is 5.39. The highest BCUT2D eigenvalue weighted by atomic mass is 19.3. The van der Waals surface area contributed by atoms with Gasteiger partial charge in [0.15, 0.2) is 0 Å². The first-order chi connectivity index (χ1) is 13.5. The summed E-state index contributed by atoms with van der Waals surface area (Å²) in [7, 11) is 0. The Hall–Kier alpha value is -3.22. The van der Waals surface area contributed by atoms with Gasteiger partial charge in [-0.3, -0.25) is 4.79 Å². The summed E-state index contributed by atoms with van der Waals surface area (Å²) in [6.07, 6.45) is 0.705. The van der Waals surface area contributed by atoms with Crippen molar-refractivity contribution in [2.75, 3.05) is 6.54 Å². The molecule has 0 aliphatic carbocycles. The van der Waals surface area contributed by atoms with Gasteiger partial charge in [-0.25, -0.2) is 4.98 Å². The number of aryl methyl sites for hydroxylation is 1. The first-order valence-electron chi connectivity index (χ1n) is 8.83. The van der Waals surface area contributed by atoms with Crippen LogP contribution in [0.4, 0.5) is 8.78 Å². The van der Waals surface area contributed by atoms with E-state index in [-0.39, 0.29) is 18.1 Å². The molecule has 28 heavy (non-hydrogen) atoms. The molecule has 0 radical (unpaired) electrons. The number of nitrogens with zero attached hydrogens (tertiary/aromatic N) is 1. The molecule has 1 heterocycles. The van der Waals surface area contributed by atoms with Crippen molar-refractivity contribution in [1.29, 1.82) is 0 Å². The van der Waals surface area contributed by atoms with E-state index in [9.17, 15) is 13.6 Å². The Bertz CT molecular complexity index is 909. The lowest BCUT2D eigenvalue weighted by Gasteiger charge is -2.07. The van der Waals surface area contributed by atoms with E-state index in [0.29, 0.717) is 30.3 Å². The normalized spacial score (nSPS) is 10.9. The molecule has 2 aromatic carbocycles. The minimum Gasteiger partial charge on any atom is -0.441 e. The highest BCUT2D eigenvalue weighted by Crippen LogP contribution is 2.21. The van der Waals surface area contributed by atoms with Crippen molar-refractivity contribution in [3.63, 3.8) is 0 Å². The standard InChI is InChI=1S/C21H20F2N2O3/c1-14-18(25-20(27-14)16-5-3-2-4-6-16)13-19(26)24-12-11-15-7-9-17(10-8-15)28-21(22)23/h2-10,21H,11-13H2,1H3,(H,24,26). The SMILES string of the molecule is Cc1oc(-c2ccccc2)nc1CC(=O)NCCc1ccc(OC(F)F)cc1. The number of ether oxygens (including phenoxy) is 1. The van der Waals surface area contributed by atoms with Crippen molar-refractivity contribution in [2.24, 2.45) is 0 Å². The van der Waals surface area contributed by atoms with Crippen LogP contribution in [0.2, 0.25) is 0 Å². The van der Waals surface area contributed by atoms with Crippen LogP contribution in [0.1, 0.15) is 17.0 Å². The van der Waals surface area contributed by atoms with Crippen LogP contribution in [0.3, 0.4) is 0 Å². The molecule has 0 aliphatic rings. The van der Waals surface area contributed by atoms with E-state index < -0.39 is 6.61 Å². The van der Waals surface area contributed by atoms with E-state index in [0.717, 1.165) is 11.1 Å². The summed E-state index contributed by atoms with van der Waals surface area (Å²) in [6, 6.07) is 15.8. The van der Waals surface area contributed by atoms with Gasteiger partial charge < -0.3 is 14.5 Å². The van der Waals surface area contributed by atoms with Crippen LogP contribution < -0.4 is 10.1 Å². The highest BCUT2D eigenvalue weighted by molar-refractivity contribution is 5.78. The smallest absolute Gasteiger partial charge is 0.387 e. The highest BCUT2D eigenvalue weighted by Gasteiger charge is 2.14. The van der Waals surface area contributed by atoms with E-state index in [2.05, 4.69) is 15.0 Å². The molecule has 0 aliphatic heterocycles. The van der Waals surface area contributed by atoms with Gasteiger partial charge in [0.25, 0.3) is 0 Å². The number of oxazole rings is 1. The zero-order chi connectivity index (χ0) is 19.9. The van der Waals surface area contributed by atoms with Crippen molar-refractivity contribution in [1.82, 2.24) is 10.3 Å². The number of carbonyl (C=O) groups is 1. The molecule has 3 rings (SSSR count). The first-order valence-corrected chi connectivity index (χ1v) is 8.83. The summed E-state index contributed by atoms with van der Waals surface area (Å²) >= 11 is 0. The van der Waals surface area contributed by atoms with Gasteiger partial charge in [0.1, 0.15) is 11.5 Å². The molecule has 1 aromatic heterocycles. The number of hydrogen-bond acceptors (Lipinski definition) is 4. The molecule has 0 saturated heterocycles. The predicted molar refractivity (Wildman–Crippen MR) is 100 cm³/mol. The fraction of sp³-hybridized carbons (Fsp3) is 0.238. The molecule has 0 atom stereocenters. The molecule has 0 unspecified atom stereocenters. The lowest BCUT2D eigenvalue weighted by Crippen LogP contribution is -2.27. The zero-order valence-corrected chi connectivity index (χ0v) is 15.3. The van der Waals surface area contributed by atoms with Crippen LogP contribution in [0, 0.1) is 6.92 Å². The molecule has 5 nitrogen and oxygen atoms in total. The maximum Gasteiger partial charge on any atom is 0.387 e. The van der Waals surface area contributed by atoms with Crippen LogP contribution in [-0.2, 0) is 17.6 Å². The van der Waals surface area contributed by atoms with Gasteiger partial charge in [-0.15, -0.1) is 0 Å². The van der Waals surface area contributed by atoms with Gasteiger partial charge in [0.05, 0.1) is 12.1 Å². The molecule has 0 saturated carbocycles. The predicted octanol–water partition coefficient (Wildman–Crippen LogP) is 4.15. The number of nitrogens with one attached hydrogen (secondary N) is 1. The molecular weight excluding hydrogens is 366 g/mol. The van der Waals surface area contributed by atoms with Gasteiger partial charge in [0, 0.05) is 12.1 Å². The Labute approximate surface area is 161 Å². The van der Waals surface area contributed by atoms with Crippen LogP contribution in [-0.4, -0.2) is 24.0 Å². The van der Waals surface area contributed by atoms with Crippen molar-refractivity contribution in [2.45, 2.75) is 26.4 Å². The third-order valence-corrected chi connectivity index (χ3v) is 4.13. The second kappa shape index (κ2) is 9.12. The monoisotopic (exact) mass is 386 g/mol. The number of alkyl halides is 2. The number of hydrogen-bond donors (Lipinski definition) is 1. The quantitative estimate of drug-likeness (QED) is 0.632. The molecule has 0 fully saturated rings. The van der Waals surface area contributed by atoms with Crippen molar-refractivity contribution in [3.8, 4) is 17.2 Å².